The molecule has 1 aromatic carbocycles. The van der Waals surface area contributed by atoms with Crippen LogP contribution in [0.1, 0.15) is 153 Å². The molecule has 0 spiro atoms. The topological polar surface area (TPSA) is 44.8 Å². The minimum absolute atomic E-state index is 0.413. The van der Waals surface area contributed by atoms with Gasteiger partial charge in [0.2, 0.25) is 0 Å². The van der Waals surface area contributed by atoms with E-state index in [4.69, 9.17) is 13.6 Å². The fourth-order valence-corrected chi connectivity index (χ4v) is 5.89. The third-order valence-corrected chi connectivity index (χ3v) is 8.68. The van der Waals surface area contributed by atoms with E-state index in [1.54, 1.807) is 0 Å². The van der Waals surface area contributed by atoms with E-state index in [2.05, 4.69) is 13.8 Å². The van der Waals surface area contributed by atoms with Crippen molar-refractivity contribution in [2.75, 3.05) is 13.2 Å². The lowest BCUT2D eigenvalue weighted by atomic mass is 10.1. The van der Waals surface area contributed by atoms with Crippen LogP contribution in [-0.2, 0) is 13.6 Å². The molecule has 4 nitrogen and oxygen atoms in total. The molecule has 0 saturated heterocycles. The highest BCUT2D eigenvalue weighted by Crippen LogP contribution is 2.50. The first-order chi connectivity index (χ1) is 18.0. The van der Waals surface area contributed by atoms with E-state index in [-0.39, 0.29) is 0 Å². The van der Waals surface area contributed by atoms with E-state index >= 15 is 0 Å². The summed E-state index contributed by atoms with van der Waals surface area (Å²) in [5, 5.41) is 0. The summed E-state index contributed by atoms with van der Waals surface area (Å²) in [6.45, 7) is 9.36. The maximum Gasteiger partial charge on any atom is 0.530 e. The van der Waals surface area contributed by atoms with E-state index in [9.17, 15) is 4.57 Å². The molecule has 1 aromatic rings. The molecule has 0 aliphatic heterocycles. The molecular formula is C32H59O4P. The molecule has 0 atom stereocenters. The smallest absolute Gasteiger partial charge is 0.404 e. The molecule has 0 heterocycles. The first-order valence-corrected chi connectivity index (χ1v) is 17.1. The lowest BCUT2D eigenvalue weighted by Gasteiger charge is -2.20. The number of hydrogen-bond acceptors (Lipinski definition) is 4. The van der Waals surface area contributed by atoms with E-state index in [1.807, 2.05) is 32.0 Å². The Morgan fingerprint density at radius 1 is 0.568 bits per heavy atom. The minimum Gasteiger partial charge on any atom is -0.404 e. The molecule has 0 N–H and O–H groups in total. The predicted octanol–water partition coefficient (Wildman–Crippen LogP) is 11.7. The number of phosphoric acid groups is 1. The van der Waals surface area contributed by atoms with Crippen LogP contribution in [0.3, 0.4) is 0 Å². The van der Waals surface area contributed by atoms with Crippen molar-refractivity contribution in [3.63, 3.8) is 0 Å². The second-order valence-corrected chi connectivity index (χ2v) is 12.4. The van der Waals surface area contributed by atoms with Crippen LogP contribution in [0.15, 0.2) is 18.2 Å². The van der Waals surface area contributed by atoms with E-state index < -0.39 is 7.82 Å². The van der Waals surface area contributed by atoms with Crippen LogP contribution in [0, 0.1) is 13.8 Å². The van der Waals surface area contributed by atoms with E-state index in [1.165, 1.54) is 103 Å². The summed E-state index contributed by atoms with van der Waals surface area (Å²) < 4.78 is 31.0. The van der Waals surface area contributed by atoms with Gasteiger partial charge in [-0.05, 0) is 43.9 Å². The summed E-state index contributed by atoms with van der Waals surface area (Å²) in [5.74, 6) is 0.592. The fraction of sp³-hybridized carbons (Fsp3) is 0.812. The average molecular weight is 539 g/mol. The second-order valence-electron chi connectivity index (χ2n) is 10.8. The second kappa shape index (κ2) is 23.1. The molecule has 0 saturated carbocycles. The first kappa shape index (κ1) is 34.2. The Bertz CT molecular complexity index is 676. The monoisotopic (exact) mass is 538 g/mol. The van der Waals surface area contributed by atoms with Gasteiger partial charge in [0.25, 0.3) is 0 Å². The summed E-state index contributed by atoms with van der Waals surface area (Å²) in [5.41, 5.74) is 2.08. The van der Waals surface area contributed by atoms with Gasteiger partial charge in [0, 0.05) is 0 Å². The molecule has 0 fully saturated rings. The quantitative estimate of drug-likeness (QED) is 0.0869. The van der Waals surface area contributed by atoms with Gasteiger partial charge in [-0.15, -0.1) is 0 Å². The van der Waals surface area contributed by atoms with Crippen LogP contribution < -0.4 is 4.52 Å². The molecule has 0 unspecified atom stereocenters. The lowest BCUT2D eigenvalue weighted by Crippen LogP contribution is -2.06. The summed E-state index contributed by atoms with van der Waals surface area (Å²) >= 11 is 0. The lowest BCUT2D eigenvalue weighted by molar-refractivity contribution is 0.150. The molecular weight excluding hydrogens is 479 g/mol. The highest BCUT2D eigenvalue weighted by atomic mass is 31.2. The average Bonchev–Trinajstić information content (AvgIpc) is 2.88. The zero-order valence-corrected chi connectivity index (χ0v) is 25.8. The molecule has 0 aliphatic rings. The number of phosphoric ester groups is 1. The molecule has 0 bridgehead atoms. The maximum atomic E-state index is 13.5. The van der Waals surface area contributed by atoms with Gasteiger partial charge in [-0.3, -0.25) is 9.05 Å². The minimum atomic E-state index is -3.64. The highest BCUT2D eigenvalue weighted by Gasteiger charge is 2.29. The Balaban J connectivity index is 2.33. The van der Waals surface area contributed by atoms with Crippen LogP contribution in [-0.4, -0.2) is 13.2 Å². The Kier molecular flexibility index (Phi) is 21.3. The first-order valence-electron chi connectivity index (χ1n) is 15.7. The number of benzene rings is 1. The molecule has 1 rings (SSSR count). The molecule has 5 heteroatoms. The number of rotatable bonds is 26. The molecule has 0 aliphatic carbocycles. The van der Waals surface area contributed by atoms with Crippen molar-refractivity contribution in [2.45, 2.75) is 156 Å². The van der Waals surface area contributed by atoms with Crippen molar-refractivity contribution in [3.05, 3.63) is 29.3 Å². The van der Waals surface area contributed by atoms with Crippen molar-refractivity contribution in [2.24, 2.45) is 0 Å². The van der Waals surface area contributed by atoms with Gasteiger partial charge >= 0.3 is 7.82 Å². The van der Waals surface area contributed by atoms with Crippen molar-refractivity contribution >= 4 is 7.82 Å². The summed E-state index contributed by atoms with van der Waals surface area (Å²) in [7, 11) is -3.64. The molecule has 0 amide bonds. The van der Waals surface area contributed by atoms with Gasteiger partial charge in [-0.25, -0.2) is 4.57 Å². The Labute approximate surface area is 230 Å². The third kappa shape index (κ3) is 18.2. The summed E-state index contributed by atoms with van der Waals surface area (Å²) in [6, 6.07) is 5.80. The van der Waals surface area contributed by atoms with Gasteiger partial charge < -0.3 is 4.52 Å². The molecule has 0 radical (unpaired) electrons. The van der Waals surface area contributed by atoms with Gasteiger partial charge in [0.05, 0.1) is 13.2 Å². The fourth-order valence-electron chi connectivity index (χ4n) is 4.57. The predicted molar refractivity (Wildman–Crippen MR) is 160 cm³/mol. The summed E-state index contributed by atoms with van der Waals surface area (Å²) in [6.07, 6.45) is 25.1. The molecule has 216 valence electrons. The standard InChI is InChI=1S/C32H59O4P/c1-5-7-9-11-13-15-17-19-21-23-28-34-37(33,36-32-27-25-26-30(3)31(32)4)35-29-24-22-20-18-16-14-12-10-8-6-2/h25-27H,5-24,28-29H2,1-4H3. The highest BCUT2D eigenvalue weighted by molar-refractivity contribution is 7.48. The Hall–Kier alpha value is -0.830. The van der Waals surface area contributed by atoms with Crippen molar-refractivity contribution < 1.29 is 18.1 Å². The van der Waals surface area contributed by atoms with Crippen LogP contribution in [0.5, 0.6) is 5.75 Å². The van der Waals surface area contributed by atoms with Crippen LogP contribution in [0.2, 0.25) is 0 Å². The number of aryl methyl sites for hydroxylation is 1. The van der Waals surface area contributed by atoms with Gasteiger partial charge in [0.1, 0.15) is 5.75 Å². The number of unbranched alkanes of at least 4 members (excludes halogenated alkanes) is 18. The van der Waals surface area contributed by atoms with Crippen molar-refractivity contribution in [1.29, 1.82) is 0 Å². The van der Waals surface area contributed by atoms with Crippen LogP contribution in [0.25, 0.3) is 0 Å². The third-order valence-electron chi connectivity index (χ3n) is 7.26. The SMILES string of the molecule is CCCCCCCCCCCCOP(=O)(OCCCCCCCCCCCC)Oc1cccc(C)c1C. The largest absolute Gasteiger partial charge is 0.530 e. The van der Waals surface area contributed by atoms with Gasteiger partial charge in [-0.1, -0.05) is 142 Å². The van der Waals surface area contributed by atoms with Crippen LogP contribution in [0.4, 0.5) is 0 Å². The Morgan fingerprint density at radius 2 is 0.946 bits per heavy atom. The zero-order valence-electron chi connectivity index (χ0n) is 24.9. The van der Waals surface area contributed by atoms with Crippen molar-refractivity contribution in [1.82, 2.24) is 0 Å². The summed E-state index contributed by atoms with van der Waals surface area (Å²) in [4.78, 5) is 0. The normalized spacial score (nSPS) is 11.8. The zero-order chi connectivity index (χ0) is 27.0. The maximum absolute atomic E-state index is 13.5. The number of hydrogen-bond donors (Lipinski definition) is 0. The van der Waals surface area contributed by atoms with Crippen LogP contribution >= 0.6 is 7.82 Å². The molecule has 37 heavy (non-hydrogen) atoms. The van der Waals surface area contributed by atoms with E-state index in [0.717, 1.165) is 36.8 Å². The van der Waals surface area contributed by atoms with E-state index in [0.29, 0.717) is 19.0 Å². The van der Waals surface area contributed by atoms with Gasteiger partial charge in [0.15, 0.2) is 0 Å². The van der Waals surface area contributed by atoms with Gasteiger partial charge in [-0.2, -0.15) is 0 Å². The molecule has 0 aromatic heterocycles. The van der Waals surface area contributed by atoms with Crippen molar-refractivity contribution in [3.8, 4) is 5.75 Å². The Morgan fingerprint density at radius 3 is 1.35 bits per heavy atom.